The number of hydrogen-bond donors (Lipinski definition) is 2. The van der Waals surface area contributed by atoms with Crippen molar-refractivity contribution in [1.82, 2.24) is 10.2 Å². The SMILES string of the molecule is O=C1N[C@H]2CCC[C@@H]1CN(C(=O)c1ccc(SCCO)cc1)C2. The van der Waals surface area contributed by atoms with Gasteiger partial charge in [0, 0.05) is 35.3 Å². The fourth-order valence-corrected chi connectivity index (χ4v) is 3.91. The van der Waals surface area contributed by atoms with Crippen molar-refractivity contribution >= 4 is 23.6 Å². The zero-order valence-electron chi connectivity index (χ0n) is 13.0. The number of thioether (sulfide) groups is 1. The van der Waals surface area contributed by atoms with Crippen molar-refractivity contribution in [3.05, 3.63) is 29.8 Å². The highest BCUT2D eigenvalue weighted by Gasteiger charge is 2.34. The summed E-state index contributed by atoms with van der Waals surface area (Å²) < 4.78 is 0. The second-order valence-electron chi connectivity index (χ2n) is 6.14. The maximum Gasteiger partial charge on any atom is 0.253 e. The number of carbonyl (C=O) groups is 2. The maximum atomic E-state index is 12.8. The third-order valence-electron chi connectivity index (χ3n) is 4.45. The van der Waals surface area contributed by atoms with E-state index >= 15 is 0 Å². The smallest absolute Gasteiger partial charge is 0.253 e. The van der Waals surface area contributed by atoms with E-state index in [1.165, 1.54) is 0 Å². The van der Waals surface area contributed by atoms with Crippen molar-refractivity contribution < 1.29 is 14.7 Å². The molecule has 2 heterocycles. The van der Waals surface area contributed by atoms with Crippen molar-refractivity contribution in [2.45, 2.75) is 30.2 Å². The quantitative estimate of drug-likeness (QED) is 0.819. The van der Waals surface area contributed by atoms with Crippen LogP contribution < -0.4 is 5.32 Å². The van der Waals surface area contributed by atoms with Crippen molar-refractivity contribution in [3.63, 3.8) is 0 Å². The Morgan fingerprint density at radius 1 is 1.26 bits per heavy atom. The zero-order valence-corrected chi connectivity index (χ0v) is 13.8. The molecular weight excluding hydrogens is 312 g/mol. The highest BCUT2D eigenvalue weighted by Crippen LogP contribution is 2.24. The van der Waals surface area contributed by atoms with Gasteiger partial charge in [0.15, 0.2) is 0 Å². The summed E-state index contributed by atoms with van der Waals surface area (Å²) in [5.74, 6) is 0.665. The topological polar surface area (TPSA) is 69.6 Å². The van der Waals surface area contributed by atoms with Crippen molar-refractivity contribution in [1.29, 1.82) is 0 Å². The molecule has 0 unspecified atom stereocenters. The van der Waals surface area contributed by atoms with Gasteiger partial charge in [-0.1, -0.05) is 6.42 Å². The van der Waals surface area contributed by atoms with Gasteiger partial charge >= 0.3 is 0 Å². The first-order chi connectivity index (χ1) is 11.2. The Labute approximate surface area is 140 Å². The summed E-state index contributed by atoms with van der Waals surface area (Å²) in [6, 6.07) is 7.57. The lowest BCUT2D eigenvalue weighted by Gasteiger charge is -2.27. The first-order valence-corrected chi connectivity index (χ1v) is 9.09. The minimum absolute atomic E-state index is 0.00268. The summed E-state index contributed by atoms with van der Waals surface area (Å²) in [5.41, 5.74) is 0.658. The van der Waals surface area contributed by atoms with Gasteiger partial charge in [-0.25, -0.2) is 0 Å². The average molecular weight is 334 g/mol. The number of aliphatic hydroxyl groups is 1. The van der Waals surface area contributed by atoms with E-state index in [1.54, 1.807) is 11.8 Å². The molecule has 0 spiro atoms. The number of fused-ring (bicyclic) bond motifs is 3. The van der Waals surface area contributed by atoms with E-state index in [4.69, 9.17) is 5.11 Å². The Morgan fingerprint density at radius 3 is 2.78 bits per heavy atom. The van der Waals surface area contributed by atoms with E-state index in [2.05, 4.69) is 5.32 Å². The number of rotatable bonds is 4. The van der Waals surface area contributed by atoms with Gasteiger partial charge in [-0.3, -0.25) is 9.59 Å². The molecule has 2 saturated heterocycles. The number of nitrogens with zero attached hydrogens (tertiary/aromatic N) is 1. The lowest BCUT2D eigenvalue weighted by molar-refractivity contribution is -0.124. The number of nitrogens with one attached hydrogen (secondary N) is 1. The van der Waals surface area contributed by atoms with Crippen LogP contribution in [0.2, 0.25) is 0 Å². The summed E-state index contributed by atoms with van der Waals surface area (Å²) >= 11 is 1.56. The number of carbonyl (C=O) groups excluding carboxylic acids is 2. The van der Waals surface area contributed by atoms with E-state index in [9.17, 15) is 9.59 Å². The minimum Gasteiger partial charge on any atom is -0.396 e. The summed E-state index contributed by atoms with van der Waals surface area (Å²) in [6.45, 7) is 1.26. The van der Waals surface area contributed by atoms with Crippen LogP contribution in [0.25, 0.3) is 0 Å². The Hall–Kier alpha value is -1.53. The van der Waals surface area contributed by atoms with Crippen LogP contribution in [0.1, 0.15) is 29.6 Å². The molecule has 0 saturated carbocycles. The molecule has 2 aliphatic rings. The maximum absolute atomic E-state index is 12.8. The largest absolute Gasteiger partial charge is 0.396 e. The van der Waals surface area contributed by atoms with Crippen molar-refractivity contribution in [2.75, 3.05) is 25.4 Å². The molecule has 2 bridgehead atoms. The Morgan fingerprint density at radius 2 is 2.04 bits per heavy atom. The Balaban J connectivity index is 1.71. The molecule has 1 aromatic rings. The molecule has 2 fully saturated rings. The fraction of sp³-hybridized carbons (Fsp3) is 0.529. The molecule has 0 radical (unpaired) electrons. The summed E-state index contributed by atoms with van der Waals surface area (Å²) in [7, 11) is 0. The number of benzene rings is 1. The van der Waals surface area contributed by atoms with Crippen LogP contribution in [0.15, 0.2) is 29.2 Å². The van der Waals surface area contributed by atoms with Crippen LogP contribution in [0.5, 0.6) is 0 Å². The summed E-state index contributed by atoms with van der Waals surface area (Å²) in [6.07, 6.45) is 2.86. The van der Waals surface area contributed by atoms with E-state index in [-0.39, 0.29) is 30.4 Å². The second kappa shape index (κ2) is 7.36. The number of amides is 2. The molecule has 2 atom stereocenters. The van der Waals surface area contributed by atoms with Crippen LogP contribution in [0, 0.1) is 5.92 Å². The van der Waals surface area contributed by atoms with E-state index in [1.807, 2.05) is 29.2 Å². The molecule has 1 aromatic carbocycles. The predicted molar refractivity (Wildman–Crippen MR) is 89.4 cm³/mol. The molecule has 2 N–H and O–H groups in total. The fourth-order valence-electron chi connectivity index (χ4n) is 3.26. The van der Waals surface area contributed by atoms with Crippen molar-refractivity contribution in [2.24, 2.45) is 5.92 Å². The number of aliphatic hydroxyl groups excluding tert-OH is 1. The second-order valence-corrected chi connectivity index (χ2v) is 7.31. The molecule has 23 heavy (non-hydrogen) atoms. The van der Waals surface area contributed by atoms with E-state index in [0.29, 0.717) is 24.4 Å². The van der Waals surface area contributed by atoms with Crippen LogP contribution in [0.3, 0.4) is 0 Å². The Bertz CT molecular complexity index is 576. The normalized spacial score (nSPS) is 24.0. The van der Waals surface area contributed by atoms with Crippen molar-refractivity contribution in [3.8, 4) is 0 Å². The first kappa shape index (κ1) is 16.3. The molecule has 2 aliphatic heterocycles. The highest BCUT2D eigenvalue weighted by atomic mass is 32.2. The zero-order chi connectivity index (χ0) is 16.2. The first-order valence-electron chi connectivity index (χ1n) is 8.11. The average Bonchev–Trinajstić information content (AvgIpc) is 2.81. The van der Waals surface area contributed by atoms with Gasteiger partial charge in [0.1, 0.15) is 0 Å². The lowest BCUT2D eigenvalue weighted by Crippen LogP contribution is -2.41. The molecule has 2 amide bonds. The molecule has 5 nitrogen and oxygen atoms in total. The summed E-state index contributed by atoms with van der Waals surface area (Å²) in [5, 5.41) is 11.9. The van der Waals surface area contributed by atoms with E-state index < -0.39 is 0 Å². The van der Waals surface area contributed by atoms with Gasteiger partial charge in [0.05, 0.1) is 12.5 Å². The molecule has 0 aliphatic carbocycles. The third-order valence-corrected chi connectivity index (χ3v) is 5.44. The minimum atomic E-state index is -0.0779. The van der Waals surface area contributed by atoms with Crippen LogP contribution in [-0.4, -0.2) is 53.3 Å². The Kier molecular flexibility index (Phi) is 5.23. The van der Waals surface area contributed by atoms with Gasteiger partial charge in [-0.05, 0) is 37.1 Å². The van der Waals surface area contributed by atoms with Crippen LogP contribution in [-0.2, 0) is 4.79 Å². The standard InChI is InChI=1S/C17H22N2O3S/c20-8-9-23-15-6-4-12(5-7-15)17(22)19-10-13-2-1-3-14(11-19)18-16(13)21/h4-7,13-14,20H,1-3,8-11H2,(H,18,21)/t13-,14+/m1/s1. The van der Waals surface area contributed by atoms with Gasteiger partial charge in [-0.15, -0.1) is 11.8 Å². The number of hydrogen-bond acceptors (Lipinski definition) is 4. The van der Waals surface area contributed by atoms with E-state index in [0.717, 1.165) is 24.2 Å². The molecule has 0 aromatic heterocycles. The van der Waals surface area contributed by atoms with Gasteiger partial charge in [-0.2, -0.15) is 0 Å². The molecule has 3 rings (SSSR count). The summed E-state index contributed by atoms with van der Waals surface area (Å²) in [4.78, 5) is 27.7. The third kappa shape index (κ3) is 3.87. The monoisotopic (exact) mass is 334 g/mol. The number of likely N-dealkylation sites (tertiary alicyclic amines) is 1. The molecular formula is C17H22N2O3S. The highest BCUT2D eigenvalue weighted by molar-refractivity contribution is 7.99. The molecule has 6 heteroatoms. The van der Waals surface area contributed by atoms with Crippen LogP contribution >= 0.6 is 11.8 Å². The van der Waals surface area contributed by atoms with Gasteiger partial charge < -0.3 is 15.3 Å². The predicted octanol–water partition coefficient (Wildman–Crippen LogP) is 1.51. The molecule has 124 valence electrons. The van der Waals surface area contributed by atoms with Crippen LogP contribution in [0.4, 0.5) is 0 Å². The lowest BCUT2D eigenvalue weighted by atomic mass is 9.99. The van der Waals surface area contributed by atoms with Gasteiger partial charge in [0.2, 0.25) is 5.91 Å². The van der Waals surface area contributed by atoms with Gasteiger partial charge in [0.25, 0.3) is 5.91 Å².